The van der Waals surface area contributed by atoms with Gasteiger partial charge in [0.15, 0.2) is 0 Å². The molecule has 5 heteroatoms. The third-order valence-corrected chi connectivity index (χ3v) is 2.54. The molecule has 0 aliphatic rings. The van der Waals surface area contributed by atoms with Crippen molar-refractivity contribution in [3.05, 3.63) is 0 Å². The number of hydrogen-bond donors (Lipinski definition) is 2. The molecule has 0 aromatic carbocycles. The van der Waals surface area contributed by atoms with Crippen LogP contribution < -0.4 is 10.6 Å². The highest BCUT2D eigenvalue weighted by Crippen LogP contribution is 1.96. The fraction of sp³-hybridized carbons (Fsp3) is 0.818. The van der Waals surface area contributed by atoms with Gasteiger partial charge in [-0.2, -0.15) is 0 Å². The topological polar surface area (TPSA) is 61.4 Å². The maximum absolute atomic E-state index is 11.7. The van der Waals surface area contributed by atoms with Gasteiger partial charge in [-0.3, -0.25) is 9.59 Å². The van der Waals surface area contributed by atoms with Crippen LogP contribution in [0.2, 0.25) is 0 Å². The van der Waals surface area contributed by atoms with E-state index in [1.165, 1.54) is 0 Å². The highest BCUT2D eigenvalue weighted by Gasteiger charge is 2.20. The molecular weight excluding hydrogens is 206 g/mol. The van der Waals surface area contributed by atoms with Crippen molar-refractivity contribution in [3.63, 3.8) is 0 Å². The van der Waals surface area contributed by atoms with Crippen molar-refractivity contribution in [3.8, 4) is 0 Å². The summed E-state index contributed by atoms with van der Waals surface area (Å²) in [6.07, 6.45) is 0. The van der Waals surface area contributed by atoms with Gasteiger partial charge in [0, 0.05) is 26.1 Å². The Morgan fingerprint density at radius 1 is 1.31 bits per heavy atom. The molecule has 0 aliphatic heterocycles. The number of nitrogens with one attached hydrogen (secondary N) is 2. The van der Waals surface area contributed by atoms with E-state index in [-0.39, 0.29) is 17.7 Å². The predicted molar refractivity (Wildman–Crippen MR) is 64.0 cm³/mol. The van der Waals surface area contributed by atoms with E-state index >= 15 is 0 Å². The Morgan fingerprint density at radius 2 is 1.88 bits per heavy atom. The van der Waals surface area contributed by atoms with Crippen molar-refractivity contribution in [2.24, 2.45) is 5.92 Å². The summed E-state index contributed by atoms with van der Waals surface area (Å²) < 4.78 is 0. The first-order chi connectivity index (χ1) is 7.43. The number of rotatable bonds is 6. The lowest BCUT2D eigenvalue weighted by molar-refractivity contribution is -0.135. The minimum absolute atomic E-state index is 0.0625. The Kier molecular flexibility index (Phi) is 6.72. The first-order valence-electron chi connectivity index (χ1n) is 5.63. The third kappa shape index (κ3) is 4.61. The van der Waals surface area contributed by atoms with Crippen molar-refractivity contribution < 1.29 is 9.59 Å². The van der Waals surface area contributed by atoms with Gasteiger partial charge in [-0.1, -0.05) is 6.92 Å². The molecule has 0 bridgehead atoms. The first-order valence-corrected chi connectivity index (χ1v) is 5.63. The normalized spacial score (nSPS) is 14.1. The van der Waals surface area contributed by atoms with Gasteiger partial charge in [0.05, 0.1) is 0 Å². The van der Waals surface area contributed by atoms with Gasteiger partial charge < -0.3 is 15.5 Å². The Bertz CT molecular complexity index is 243. The molecule has 0 fully saturated rings. The average molecular weight is 229 g/mol. The maximum atomic E-state index is 11.7. The molecule has 2 unspecified atom stereocenters. The molecule has 2 N–H and O–H groups in total. The fourth-order valence-electron chi connectivity index (χ4n) is 1.30. The number of amides is 2. The smallest absolute Gasteiger partial charge is 0.244 e. The second kappa shape index (κ2) is 7.22. The first kappa shape index (κ1) is 14.9. The van der Waals surface area contributed by atoms with Crippen molar-refractivity contribution in [1.82, 2.24) is 15.5 Å². The summed E-state index contributed by atoms with van der Waals surface area (Å²) in [7, 11) is 3.52. The SMILES string of the molecule is CCN(C)C(=O)C(C)NC(=O)C(C)CNC. The van der Waals surface area contributed by atoms with E-state index in [1.807, 2.05) is 13.8 Å². The fourth-order valence-corrected chi connectivity index (χ4v) is 1.30. The van der Waals surface area contributed by atoms with E-state index in [1.54, 1.807) is 25.9 Å². The summed E-state index contributed by atoms with van der Waals surface area (Å²) in [6, 6.07) is -0.461. The minimum atomic E-state index is -0.461. The zero-order valence-electron chi connectivity index (χ0n) is 10.8. The molecule has 0 aliphatic carbocycles. The van der Waals surface area contributed by atoms with Crippen molar-refractivity contribution in [2.45, 2.75) is 26.8 Å². The van der Waals surface area contributed by atoms with Crippen LogP contribution in [0.4, 0.5) is 0 Å². The van der Waals surface area contributed by atoms with Gasteiger partial charge >= 0.3 is 0 Å². The Balaban J connectivity index is 4.18. The third-order valence-electron chi connectivity index (χ3n) is 2.54. The predicted octanol–water partition coefficient (Wildman–Crippen LogP) is -0.175. The molecule has 0 saturated carbocycles. The average Bonchev–Trinajstić information content (AvgIpc) is 2.26. The summed E-state index contributed by atoms with van der Waals surface area (Å²) >= 11 is 0. The molecule has 0 heterocycles. The Labute approximate surface area is 97.6 Å². The molecule has 0 aromatic rings. The lowest BCUT2D eigenvalue weighted by atomic mass is 10.1. The molecular formula is C11H23N3O2. The van der Waals surface area contributed by atoms with Crippen LogP contribution in [0.3, 0.4) is 0 Å². The van der Waals surface area contributed by atoms with Crippen LogP contribution in [-0.4, -0.2) is 49.9 Å². The molecule has 2 atom stereocenters. The molecule has 0 rings (SSSR count). The van der Waals surface area contributed by atoms with Crippen molar-refractivity contribution in [1.29, 1.82) is 0 Å². The standard InChI is InChI=1S/C11H23N3O2/c1-6-14(5)11(16)9(3)13-10(15)8(2)7-12-4/h8-9,12H,6-7H2,1-5H3,(H,13,15). The van der Waals surface area contributed by atoms with Gasteiger partial charge in [-0.15, -0.1) is 0 Å². The van der Waals surface area contributed by atoms with Gasteiger partial charge in [0.2, 0.25) is 11.8 Å². The Morgan fingerprint density at radius 3 is 2.31 bits per heavy atom. The van der Waals surface area contributed by atoms with Gasteiger partial charge in [0.25, 0.3) is 0 Å². The van der Waals surface area contributed by atoms with Crippen LogP contribution in [0, 0.1) is 5.92 Å². The van der Waals surface area contributed by atoms with Crippen molar-refractivity contribution in [2.75, 3.05) is 27.2 Å². The van der Waals surface area contributed by atoms with Crippen LogP contribution in [0.15, 0.2) is 0 Å². The molecule has 0 saturated heterocycles. The molecule has 94 valence electrons. The minimum Gasteiger partial charge on any atom is -0.344 e. The number of nitrogens with zero attached hydrogens (tertiary/aromatic N) is 1. The van der Waals surface area contributed by atoms with Crippen LogP contribution in [-0.2, 0) is 9.59 Å². The van der Waals surface area contributed by atoms with Crippen LogP contribution in [0.1, 0.15) is 20.8 Å². The zero-order chi connectivity index (χ0) is 12.7. The lowest BCUT2D eigenvalue weighted by Crippen LogP contribution is -2.47. The summed E-state index contributed by atoms with van der Waals surface area (Å²) in [5.74, 6) is -0.292. The molecule has 5 nitrogen and oxygen atoms in total. The van der Waals surface area contributed by atoms with E-state index in [2.05, 4.69) is 10.6 Å². The lowest BCUT2D eigenvalue weighted by Gasteiger charge is -2.22. The van der Waals surface area contributed by atoms with Gasteiger partial charge in [-0.25, -0.2) is 0 Å². The van der Waals surface area contributed by atoms with Crippen LogP contribution >= 0.6 is 0 Å². The second-order valence-electron chi connectivity index (χ2n) is 4.04. The molecule has 0 spiro atoms. The second-order valence-corrected chi connectivity index (χ2v) is 4.04. The maximum Gasteiger partial charge on any atom is 0.244 e. The summed E-state index contributed by atoms with van der Waals surface area (Å²) in [4.78, 5) is 24.9. The van der Waals surface area contributed by atoms with Crippen LogP contribution in [0.25, 0.3) is 0 Å². The summed E-state index contributed by atoms with van der Waals surface area (Å²) in [5.41, 5.74) is 0. The zero-order valence-corrected chi connectivity index (χ0v) is 10.8. The van der Waals surface area contributed by atoms with Gasteiger partial charge in [0.1, 0.15) is 6.04 Å². The molecule has 0 aromatic heterocycles. The highest BCUT2D eigenvalue weighted by atomic mass is 16.2. The highest BCUT2D eigenvalue weighted by molar-refractivity contribution is 5.88. The largest absolute Gasteiger partial charge is 0.344 e. The number of carbonyl (C=O) groups excluding carboxylic acids is 2. The molecule has 2 amide bonds. The van der Waals surface area contributed by atoms with E-state index in [4.69, 9.17) is 0 Å². The van der Waals surface area contributed by atoms with E-state index in [0.29, 0.717) is 13.1 Å². The van der Waals surface area contributed by atoms with E-state index in [9.17, 15) is 9.59 Å². The number of likely N-dealkylation sites (N-methyl/N-ethyl adjacent to an activating group) is 1. The number of carbonyl (C=O) groups is 2. The monoisotopic (exact) mass is 229 g/mol. The molecule has 0 radical (unpaired) electrons. The summed E-state index contributed by atoms with van der Waals surface area (Å²) in [6.45, 7) is 6.68. The van der Waals surface area contributed by atoms with Crippen LogP contribution in [0.5, 0.6) is 0 Å². The van der Waals surface area contributed by atoms with E-state index < -0.39 is 6.04 Å². The summed E-state index contributed by atoms with van der Waals surface area (Å²) in [5, 5.41) is 5.64. The number of hydrogen-bond acceptors (Lipinski definition) is 3. The molecule has 16 heavy (non-hydrogen) atoms. The van der Waals surface area contributed by atoms with E-state index in [0.717, 1.165) is 0 Å². The van der Waals surface area contributed by atoms with Crippen molar-refractivity contribution >= 4 is 11.8 Å². The van der Waals surface area contributed by atoms with Gasteiger partial charge in [-0.05, 0) is 20.9 Å². The Hall–Kier alpha value is -1.10. The quantitative estimate of drug-likeness (QED) is 0.664.